The van der Waals surface area contributed by atoms with Crippen molar-refractivity contribution in [3.63, 3.8) is 0 Å². The van der Waals surface area contributed by atoms with Gasteiger partial charge in [-0.1, -0.05) is 94.9 Å². The molecule has 1 aliphatic carbocycles. The van der Waals surface area contributed by atoms with E-state index in [1.54, 1.807) is 6.07 Å². The summed E-state index contributed by atoms with van der Waals surface area (Å²) in [4.78, 5) is 11.8. The summed E-state index contributed by atoms with van der Waals surface area (Å²) in [7, 11) is 0. The normalized spacial score (nSPS) is 18.8. The largest absolute Gasteiger partial charge is 0.478 e. The van der Waals surface area contributed by atoms with Crippen LogP contribution in [-0.2, 0) is 0 Å². The lowest BCUT2D eigenvalue weighted by Gasteiger charge is -2.29. The van der Waals surface area contributed by atoms with E-state index >= 15 is 0 Å². The summed E-state index contributed by atoms with van der Waals surface area (Å²) >= 11 is 0. The van der Waals surface area contributed by atoms with E-state index in [0.29, 0.717) is 11.5 Å². The second-order valence-electron chi connectivity index (χ2n) is 9.49. The van der Waals surface area contributed by atoms with Crippen LogP contribution in [0.3, 0.4) is 0 Å². The molecule has 2 heteroatoms. The molecule has 0 unspecified atom stereocenters. The van der Waals surface area contributed by atoms with Crippen molar-refractivity contribution in [3.8, 4) is 11.1 Å². The van der Waals surface area contributed by atoms with Crippen LogP contribution in [0, 0.1) is 5.92 Å². The van der Waals surface area contributed by atoms with E-state index in [1.807, 2.05) is 12.1 Å². The van der Waals surface area contributed by atoms with Crippen molar-refractivity contribution < 1.29 is 9.90 Å². The fourth-order valence-corrected chi connectivity index (χ4v) is 5.06. The Bertz CT molecular complexity index is 870. The van der Waals surface area contributed by atoms with Crippen LogP contribution in [0.25, 0.3) is 17.2 Å². The Morgan fingerprint density at radius 2 is 1.69 bits per heavy atom. The summed E-state index contributed by atoms with van der Waals surface area (Å²) in [5.41, 5.74) is 4.63. The Morgan fingerprint density at radius 3 is 2.34 bits per heavy atom. The van der Waals surface area contributed by atoms with E-state index in [0.717, 1.165) is 35.4 Å². The van der Waals surface area contributed by atoms with Crippen LogP contribution in [0.15, 0.2) is 48.5 Å². The van der Waals surface area contributed by atoms with E-state index in [4.69, 9.17) is 0 Å². The van der Waals surface area contributed by atoms with Crippen LogP contribution < -0.4 is 0 Å². The molecule has 0 amide bonds. The molecule has 0 heterocycles. The summed E-state index contributed by atoms with van der Waals surface area (Å²) < 4.78 is 0. The second kappa shape index (κ2) is 12.6. The van der Waals surface area contributed by atoms with Gasteiger partial charge in [-0.25, -0.2) is 4.79 Å². The molecule has 32 heavy (non-hydrogen) atoms. The lowest BCUT2D eigenvalue weighted by Crippen LogP contribution is -2.13. The topological polar surface area (TPSA) is 37.3 Å². The molecule has 1 N–H and O–H groups in total. The zero-order chi connectivity index (χ0) is 22.8. The van der Waals surface area contributed by atoms with Crippen molar-refractivity contribution in [2.45, 2.75) is 90.4 Å². The molecule has 0 spiro atoms. The van der Waals surface area contributed by atoms with Crippen LogP contribution in [0.1, 0.15) is 112 Å². The average Bonchev–Trinajstić information content (AvgIpc) is 2.82. The summed E-state index contributed by atoms with van der Waals surface area (Å²) in [6.07, 6.45) is 18.6. The lowest BCUT2D eigenvalue weighted by molar-refractivity contribution is 0.0697. The highest BCUT2D eigenvalue weighted by atomic mass is 16.4. The average molecular weight is 433 g/mol. The number of hydrogen-bond donors (Lipinski definition) is 1. The Hall–Kier alpha value is -2.35. The number of carboxylic acids is 1. The molecule has 0 saturated heterocycles. The summed E-state index contributed by atoms with van der Waals surface area (Å²) in [5.74, 6) is 0.702. The maximum atomic E-state index is 11.8. The highest BCUT2D eigenvalue weighted by Crippen LogP contribution is 2.38. The molecule has 1 aliphatic rings. The second-order valence-corrected chi connectivity index (χ2v) is 9.49. The highest BCUT2D eigenvalue weighted by molar-refractivity contribution is 5.96. The van der Waals surface area contributed by atoms with Crippen molar-refractivity contribution in [1.82, 2.24) is 0 Å². The van der Waals surface area contributed by atoms with Crippen LogP contribution in [0.4, 0.5) is 0 Å². The van der Waals surface area contributed by atoms with Gasteiger partial charge in [0.1, 0.15) is 0 Å². The first-order valence-corrected chi connectivity index (χ1v) is 12.8. The minimum absolute atomic E-state index is 0.369. The van der Waals surface area contributed by atoms with Gasteiger partial charge < -0.3 is 5.11 Å². The number of allylic oxidation sites excluding steroid dienone is 1. The van der Waals surface area contributed by atoms with Gasteiger partial charge in [-0.2, -0.15) is 0 Å². The van der Waals surface area contributed by atoms with Crippen molar-refractivity contribution >= 4 is 12.0 Å². The minimum atomic E-state index is -0.870. The van der Waals surface area contributed by atoms with Crippen LogP contribution in [-0.4, -0.2) is 11.1 Å². The Kier molecular flexibility index (Phi) is 9.59. The fourth-order valence-electron chi connectivity index (χ4n) is 5.06. The molecule has 0 atom stereocenters. The van der Waals surface area contributed by atoms with Gasteiger partial charge in [0.2, 0.25) is 0 Å². The third-order valence-corrected chi connectivity index (χ3v) is 7.05. The Balaban J connectivity index is 1.66. The van der Waals surface area contributed by atoms with Crippen molar-refractivity contribution in [3.05, 3.63) is 65.2 Å². The molecule has 2 nitrogen and oxygen atoms in total. The lowest BCUT2D eigenvalue weighted by atomic mass is 9.77. The number of carbonyl (C=O) groups is 1. The van der Waals surface area contributed by atoms with E-state index in [2.05, 4.69) is 50.3 Å². The summed E-state index contributed by atoms with van der Waals surface area (Å²) in [5, 5.41) is 9.69. The van der Waals surface area contributed by atoms with Gasteiger partial charge in [0.05, 0.1) is 5.56 Å². The Morgan fingerprint density at radius 1 is 0.938 bits per heavy atom. The first-order chi connectivity index (χ1) is 15.6. The zero-order valence-corrected chi connectivity index (χ0v) is 20.0. The molecule has 0 aliphatic heterocycles. The number of carboxylic acid groups (broad SMARTS) is 1. The molecule has 2 aromatic rings. The first-order valence-electron chi connectivity index (χ1n) is 12.8. The number of hydrogen-bond acceptors (Lipinski definition) is 1. The number of rotatable bonds is 11. The molecule has 0 radical (unpaired) electrons. The number of unbranched alkanes of at least 4 members (excludes halogenated alkanes) is 4. The first kappa shape index (κ1) is 24.3. The molecular weight excluding hydrogens is 392 g/mol. The predicted octanol–water partition coefficient (Wildman–Crippen LogP) is 9.11. The maximum Gasteiger partial charge on any atom is 0.336 e. The van der Waals surface area contributed by atoms with E-state index in [9.17, 15) is 9.90 Å². The van der Waals surface area contributed by atoms with Gasteiger partial charge in [0.15, 0.2) is 0 Å². The minimum Gasteiger partial charge on any atom is -0.478 e. The van der Waals surface area contributed by atoms with Gasteiger partial charge >= 0.3 is 5.97 Å². The van der Waals surface area contributed by atoms with Gasteiger partial charge in [0, 0.05) is 0 Å². The molecular formula is C30H40O2. The van der Waals surface area contributed by atoms with E-state index in [-0.39, 0.29) is 0 Å². The van der Waals surface area contributed by atoms with Gasteiger partial charge in [0.25, 0.3) is 0 Å². The quantitative estimate of drug-likeness (QED) is 0.359. The standard InChI is InChI=1S/C30H40O2/c1-3-5-7-9-10-23-12-15-25(16-13-23)26-17-19-27(20-18-26)29-22-24(11-8-6-4-2)14-21-28(29)30(31)32/h8,11,14,17-23,25H,3-7,9-10,12-13,15-16H2,1-2H3,(H,31,32). The van der Waals surface area contributed by atoms with Crippen LogP contribution in [0.2, 0.25) is 0 Å². The molecule has 1 fully saturated rings. The fraction of sp³-hybridized carbons (Fsp3) is 0.500. The van der Waals surface area contributed by atoms with Crippen molar-refractivity contribution in [1.29, 1.82) is 0 Å². The maximum absolute atomic E-state index is 11.8. The number of aromatic carboxylic acids is 1. The predicted molar refractivity (Wildman–Crippen MR) is 136 cm³/mol. The Labute approximate surface area is 194 Å². The van der Waals surface area contributed by atoms with E-state index in [1.165, 1.54) is 63.4 Å². The monoisotopic (exact) mass is 432 g/mol. The molecule has 3 rings (SSSR count). The van der Waals surface area contributed by atoms with E-state index < -0.39 is 5.97 Å². The van der Waals surface area contributed by atoms with Crippen LogP contribution >= 0.6 is 0 Å². The van der Waals surface area contributed by atoms with Crippen LogP contribution in [0.5, 0.6) is 0 Å². The SMILES string of the molecule is CCCC=Cc1ccc(C(=O)O)c(-c2ccc(C3CCC(CCCCCC)CC3)cc2)c1. The molecule has 0 bridgehead atoms. The van der Waals surface area contributed by atoms with Crippen molar-refractivity contribution in [2.75, 3.05) is 0 Å². The van der Waals surface area contributed by atoms with Crippen molar-refractivity contribution in [2.24, 2.45) is 5.92 Å². The summed E-state index contributed by atoms with van der Waals surface area (Å²) in [6.45, 7) is 4.44. The molecule has 1 saturated carbocycles. The third-order valence-electron chi connectivity index (χ3n) is 7.05. The molecule has 2 aromatic carbocycles. The zero-order valence-electron chi connectivity index (χ0n) is 20.0. The van der Waals surface area contributed by atoms with Gasteiger partial charge in [-0.05, 0) is 78.3 Å². The molecule has 172 valence electrons. The number of benzene rings is 2. The summed E-state index contributed by atoms with van der Waals surface area (Å²) in [6, 6.07) is 14.3. The smallest absolute Gasteiger partial charge is 0.336 e. The third kappa shape index (κ3) is 6.82. The highest BCUT2D eigenvalue weighted by Gasteiger charge is 2.22. The van der Waals surface area contributed by atoms with Gasteiger partial charge in [-0.15, -0.1) is 0 Å². The molecule has 0 aromatic heterocycles. The van der Waals surface area contributed by atoms with Gasteiger partial charge in [-0.3, -0.25) is 0 Å².